The summed E-state index contributed by atoms with van der Waals surface area (Å²) in [6, 6.07) is 7.59. The Morgan fingerprint density at radius 2 is 2.05 bits per heavy atom. The van der Waals surface area contributed by atoms with Crippen LogP contribution in [0.25, 0.3) is 11.4 Å². The Hall–Kier alpha value is -2.30. The van der Waals surface area contributed by atoms with E-state index in [0.717, 1.165) is 17.1 Å². The summed E-state index contributed by atoms with van der Waals surface area (Å²) < 4.78 is 7.18. The first kappa shape index (κ1) is 13.1. The van der Waals surface area contributed by atoms with Crippen molar-refractivity contribution in [1.29, 1.82) is 0 Å². The Morgan fingerprint density at radius 3 is 2.63 bits per heavy atom. The number of nitrogens with zero attached hydrogens (tertiary/aromatic N) is 2. The minimum Gasteiger partial charge on any atom is -0.494 e. The topological polar surface area (TPSA) is 64.3 Å². The number of carboxylic acids is 1. The fourth-order valence-electron chi connectivity index (χ4n) is 1.90. The average molecular weight is 260 g/mol. The van der Waals surface area contributed by atoms with Gasteiger partial charge in [0.05, 0.1) is 13.0 Å². The molecule has 0 fully saturated rings. The summed E-state index contributed by atoms with van der Waals surface area (Å²) in [5.41, 5.74) is 1.61. The van der Waals surface area contributed by atoms with Crippen LogP contribution < -0.4 is 4.74 Å². The molecule has 100 valence electrons. The van der Waals surface area contributed by atoms with Crippen molar-refractivity contribution in [2.24, 2.45) is 7.05 Å². The van der Waals surface area contributed by atoms with Crippen molar-refractivity contribution in [3.05, 3.63) is 36.2 Å². The maximum atomic E-state index is 10.7. The Kier molecular flexibility index (Phi) is 3.85. The summed E-state index contributed by atoms with van der Waals surface area (Å²) >= 11 is 0. The largest absolute Gasteiger partial charge is 0.494 e. The lowest BCUT2D eigenvalue weighted by Gasteiger charge is -2.06. The van der Waals surface area contributed by atoms with Gasteiger partial charge in [0.1, 0.15) is 11.6 Å². The molecular weight excluding hydrogens is 244 g/mol. The minimum atomic E-state index is -0.860. The van der Waals surface area contributed by atoms with Gasteiger partial charge in [-0.3, -0.25) is 4.79 Å². The van der Waals surface area contributed by atoms with Crippen molar-refractivity contribution in [1.82, 2.24) is 9.55 Å². The summed E-state index contributed by atoms with van der Waals surface area (Å²) in [6.45, 7) is 2.56. The maximum Gasteiger partial charge on any atom is 0.309 e. The van der Waals surface area contributed by atoms with E-state index < -0.39 is 5.97 Å². The van der Waals surface area contributed by atoms with Gasteiger partial charge in [-0.1, -0.05) is 0 Å². The monoisotopic (exact) mass is 260 g/mol. The normalized spacial score (nSPS) is 10.4. The standard InChI is InChI=1S/C14H16N2O3/c1-3-19-12-6-4-10(5-7-12)14-15-9-11(16(14)2)8-13(17)18/h4-7,9H,3,8H2,1-2H3,(H,17,18). The summed E-state index contributed by atoms with van der Waals surface area (Å²) in [5.74, 6) is 0.701. The Labute approximate surface area is 111 Å². The van der Waals surface area contributed by atoms with Crippen LogP contribution in [0.3, 0.4) is 0 Å². The van der Waals surface area contributed by atoms with E-state index in [-0.39, 0.29) is 6.42 Å². The molecule has 0 saturated heterocycles. The van der Waals surface area contributed by atoms with Gasteiger partial charge in [-0.25, -0.2) is 4.98 Å². The van der Waals surface area contributed by atoms with Gasteiger partial charge in [-0.2, -0.15) is 0 Å². The van der Waals surface area contributed by atoms with E-state index in [1.807, 2.05) is 38.2 Å². The lowest BCUT2D eigenvalue weighted by molar-refractivity contribution is -0.136. The lowest BCUT2D eigenvalue weighted by atomic mass is 10.2. The summed E-state index contributed by atoms with van der Waals surface area (Å²) in [6.07, 6.45) is 1.57. The molecule has 1 aromatic carbocycles. The van der Waals surface area contributed by atoms with E-state index in [9.17, 15) is 4.79 Å². The molecule has 1 aromatic heterocycles. The Bertz CT molecular complexity index is 573. The van der Waals surface area contributed by atoms with Crippen molar-refractivity contribution in [3.63, 3.8) is 0 Å². The van der Waals surface area contributed by atoms with Gasteiger partial charge in [0.2, 0.25) is 0 Å². The van der Waals surface area contributed by atoms with E-state index in [0.29, 0.717) is 12.3 Å². The second-order valence-electron chi connectivity index (χ2n) is 4.16. The van der Waals surface area contributed by atoms with E-state index in [1.54, 1.807) is 10.8 Å². The van der Waals surface area contributed by atoms with Crippen molar-refractivity contribution in [2.75, 3.05) is 6.61 Å². The third-order valence-electron chi connectivity index (χ3n) is 2.84. The van der Waals surface area contributed by atoms with Gasteiger partial charge in [-0.05, 0) is 31.2 Å². The van der Waals surface area contributed by atoms with Gasteiger partial charge in [0, 0.05) is 24.5 Å². The first-order valence-corrected chi connectivity index (χ1v) is 6.07. The molecule has 0 bridgehead atoms. The average Bonchev–Trinajstić information content (AvgIpc) is 2.72. The van der Waals surface area contributed by atoms with Crippen molar-refractivity contribution in [3.8, 4) is 17.1 Å². The second kappa shape index (κ2) is 5.56. The third-order valence-corrected chi connectivity index (χ3v) is 2.84. The van der Waals surface area contributed by atoms with Crippen LogP contribution in [0.5, 0.6) is 5.75 Å². The predicted octanol–water partition coefficient (Wildman–Crippen LogP) is 2.11. The fourth-order valence-corrected chi connectivity index (χ4v) is 1.90. The van der Waals surface area contributed by atoms with Gasteiger partial charge in [0.15, 0.2) is 0 Å². The quantitative estimate of drug-likeness (QED) is 0.894. The molecule has 19 heavy (non-hydrogen) atoms. The minimum absolute atomic E-state index is 0.0273. The van der Waals surface area contributed by atoms with Gasteiger partial charge < -0.3 is 14.4 Å². The van der Waals surface area contributed by atoms with Gasteiger partial charge in [-0.15, -0.1) is 0 Å². The highest BCUT2D eigenvalue weighted by atomic mass is 16.5. The van der Waals surface area contributed by atoms with Crippen LogP contribution in [0.15, 0.2) is 30.5 Å². The highest BCUT2D eigenvalue weighted by Gasteiger charge is 2.11. The van der Waals surface area contributed by atoms with Crippen molar-refractivity contribution in [2.45, 2.75) is 13.3 Å². The molecule has 2 aromatic rings. The van der Waals surface area contributed by atoms with Crippen molar-refractivity contribution < 1.29 is 14.6 Å². The summed E-state index contributed by atoms with van der Waals surface area (Å²) in [7, 11) is 1.82. The van der Waals surface area contributed by atoms with E-state index in [1.165, 1.54) is 0 Å². The van der Waals surface area contributed by atoms with Crippen molar-refractivity contribution >= 4 is 5.97 Å². The fraction of sp³-hybridized carbons (Fsp3) is 0.286. The SMILES string of the molecule is CCOc1ccc(-c2ncc(CC(=O)O)n2C)cc1. The molecule has 0 radical (unpaired) electrons. The zero-order chi connectivity index (χ0) is 13.8. The molecule has 5 heteroatoms. The number of carboxylic acid groups (broad SMARTS) is 1. The molecular formula is C14H16N2O3. The first-order valence-electron chi connectivity index (χ1n) is 6.07. The van der Waals surface area contributed by atoms with E-state index >= 15 is 0 Å². The summed E-state index contributed by atoms with van der Waals surface area (Å²) in [4.78, 5) is 15.0. The highest BCUT2D eigenvalue weighted by molar-refractivity contribution is 5.70. The maximum absolute atomic E-state index is 10.7. The van der Waals surface area contributed by atoms with Crippen LogP contribution in [0.4, 0.5) is 0 Å². The number of benzene rings is 1. The smallest absolute Gasteiger partial charge is 0.309 e. The molecule has 0 atom stereocenters. The number of rotatable bonds is 5. The molecule has 0 aliphatic heterocycles. The van der Waals surface area contributed by atoms with Crippen LogP contribution in [0, 0.1) is 0 Å². The van der Waals surface area contributed by atoms with Gasteiger partial charge in [0.25, 0.3) is 0 Å². The second-order valence-corrected chi connectivity index (χ2v) is 4.16. The van der Waals surface area contributed by atoms with Crippen LogP contribution >= 0.6 is 0 Å². The lowest BCUT2D eigenvalue weighted by Crippen LogP contribution is -2.05. The number of carbonyl (C=O) groups is 1. The molecule has 0 saturated carbocycles. The Morgan fingerprint density at radius 1 is 1.37 bits per heavy atom. The first-order chi connectivity index (χ1) is 9.11. The predicted molar refractivity (Wildman–Crippen MR) is 71.2 cm³/mol. The molecule has 0 amide bonds. The highest BCUT2D eigenvalue weighted by Crippen LogP contribution is 2.22. The van der Waals surface area contributed by atoms with Crippen LogP contribution in [-0.4, -0.2) is 27.2 Å². The molecule has 0 spiro atoms. The van der Waals surface area contributed by atoms with Gasteiger partial charge >= 0.3 is 5.97 Å². The third kappa shape index (κ3) is 2.93. The number of aliphatic carboxylic acids is 1. The van der Waals surface area contributed by atoms with E-state index in [4.69, 9.17) is 9.84 Å². The van der Waals surface area contributed by atoms with E-state index in [2.05, 4.69) is 4.98 Å². The summed E-state index contributed by atoms with van der Waals surface area (Å²) in [5, 5.41) is 8.81. The number of ether oxygens (including phenoxy) is 1. The van der Waals surface area contributed by atoms with Crippen LogP contribution in [0.2, 0.25) is 0 Å². The number of aromatic nitrogens is 2. The number of hydrogen-bond donors (Lipinski definition) is 1. The molecule has 1 N–H and O–H groups in total. The zero-order valence-electron chi connectivity index (χ0n) is 11.0. The number of imidazole rings is 1. The zero-order valence-corrected chi connectivity index (χ0v) is 11.0. The van der Waals surface area contributed by atoms with Crippen LogP contribution in [-0.2, 0) is 18.3 Å². The molecule has 0 unspecified atom stereocenters. The van der Waals surface area contributed by atoms with Crippen LogP contribution in [0.1, 0.15) is 12.6 Å². The molecule has 0 aliphatic carbocycles. The number of hydrogen-bond acceptors (Lipinski definition) is 3. The molecule has 5 nitrogen and oxygen atoms in total. The molecule has 0 aliphatic rings. The Balaban J connectivity index is 2.26. The molecule has 2 rings (SSSR count). The molecule has 1 heterocycles.